The molecule has 4 N–H and O–H groups in total. The molecule has 144 valence electrons. The molecule has 1 aromatic heterocycles. The molecule has 0 bridgehead atoms. The molecule has 2 atom stereocenters. The average Bonchev–Trinajstić information content (AvgIpc) is 3.45. The highest BCUT2D eigenvalue weighted by Crippen LogP contribution is 2.43. The van der Waals surface area contributed by atoms with E-state index < -0.39 is 22.8 Å². The van der Waals surface area contributed by atoms with E-state index in [1.165, 1.54) is 17.8 Å². The summed E-state index contributed by atoms with van der Waals surface area (Å²) in [5, 5.41) is 12.4. The fourth-order valence-corrected chi connectivity index (χ4v) is 3.69. The molecule has 28 heavy (non-hydrogen) atoms. The lowest BCUT2D eigenvalue weighted by Gasteiger charge is -2.16. The van der Waals surface area contributed by atoms with Crippen molar-refractivity contribution in [3.8, 4) is 0 Å². The SMILES string of the molecule is CCn1cc(C(=O)O)c(=O)c2c(N)c(F)c(NC3CC3c3ccccc3)cc21. The number of pyridine rings is 1. The van der Waals surface area contributed by atoms with Crippen LogP contribution in [-0.4, -0.2) is 21.7 Å². The van der Waals surface area contributed by atoms with Gasteiger partial charge < -0.3 is 20.7 Å². The van der Waals surface area contributed by atoms with Gasteiger partial charge in [0.1, 0.15) is 5.56 Å². The van der Waals surface area contributed by atoms with Gasteiger partial charge in [-0.15, -0.1) is 0 Å². The molecule has 0 spiro atoms. The number of benzene rings is 2. The first kappa shape index (κ1) is 18.0. The Morgan fingerprint density at radius 2 is 2.07 bits per heavy atom. The number of nitrogens with one attached hydrogen (secondary N) is 1. The van der Waals surface area contributed by atoms with E-state index in [4.69, 9.17) is 5.73 Å². The molecule has 0 aliphatic heterocycles. The van der Waals surface area contributed by atoms with Crippen molar-refractivity contribution in [2.45, 2.75) is 31.8 Å². The summed E-state index contributed by atoms with van der Waals surface area (Å²) in [5.41, 5.74) is 6.23. The summed E-state index contributed by atoms with van der Waals surface area (Å²) in [5.74, 6) is -1.80. The number of hydrogen-bond donors (Lipinski definition) is 3. The molecule has 0 saturated heterocycles. The Bertz CT molecular complexity index is 1140. The molecular weight excluding hydrogens is 361 g/mol. The van der Waals surface area contributed by atoms with E-state index in [1.54, 1.807) is 4.57 Å². The number of aryl methyl sites for hydroxylation is 1. The fourth-order valence-electron chi connectivity index (χ4n) is 3.69. The number of carboxylic acid groups (broad SMARTS) is 1. The molecule has 0 radical (unpaired) electrons. The van der Waals surface area contributed by atoms with Crippen molar-refractivity contribution in [3.63, 3.8) is 0 Å². The van der Waals surface area contributed by atoms with Gasteiger partial charge in [-0.2, -0.15) is 0 Å². The van der Waals surface area contributed by atoms with Crippen LogP contribution in [0.15, 0.2) is 47.4 Å². The molecular formula is C21H20FN3O3. The summed E-state index contributed by atoms with van der Waals surface area (Å²) in [7, 11) is 0. The maximum Gasteiger partial charge on any atom is 0.341 e. The minimum Gasteiger partial charge on any atom is -0.477 e. The molecule has 1 aliphatic carbocycles. The summed E-state index contributed by atoms with van der Waals surface area (Å²) in [4.78, 5) is 23.9. The molecule has 6 nitrogen and oxygen atoms in total. The Morgan fingerprint density at radius 3 is 2.71 bits per heavy atom. The zero-order chi connectivity index (χ0) is 20.0. The second kappa shape index (κ2) is 6.67. The fraction of sp³-hybridized carbons (Fsp3) is 0.238. The molecule has 3 aromatic rings. The van der Waals surface area contributed by atoms with Crippen LogP contribution in [-0.2, 0) is 6.54 Å². The van der Waals surface area contributed by atoms with E-state index >= 15 is 0 Å². The molecule has 1 heterocycles. The van der Waals surface area contributed by atoms with Crippen molar-refractivity contribution in [1.29, 1.82) is 0 Å². The molecule has 0 amide bonds. The first-order valence-corrected chi connectivity index (χ1v) is 9.12. The van der Waals surface area contributed by atoms with Gasteiger partial charge in [-0.25, -0.2) is 9.18 Å². The normalized spacial score (nSPS) is 18.2. The number of nitrogen functional groups attached to an aromatic ring is 1. The van der Waals surface area contributed by atoms with E-state index in [-0.39, 0.29) is 22.8 Å². The first-order chi connectivity index (χ1) is 13.4. The number of halogens is 1. The van der Waals surface area contributed by atoms with Crippen LogP contribution in [0.4, 0.5) is 15.8 Å². The van der Waals surface area contributed by atoms with Crippen LogP contribution in [0.3, 0.4) is 0 Å². The second-order valence-corrected chi connectivity index (χ2v) is 7.01. The number of hydrogen-bond acceptors (Lipinski definition) is 4. The largest absolute Gasteiger partial charge is 0.477 e. The predicted molar refractivity (Wildman–Crippen MR) is 106 cm³/mol. The number of aromatic carboxylic acids is 1. The molecule has 1 saturated carbocycles. The van der Waals surface area contributed by atoms with Crippen molar-refractivity contribution in [2.75, 3.05) is 11.1 Å². The summed E-state index contributed by atoms with van der Waals surface area (Å²) >= 11 is 0. The number of nitrogens with two attached hydrogens (primary N) is 1. The van der Waals surface area contributed by atoms with Crippen molar-refractivity contribution in [1.82, 2.24) is 4.57 Å². The quantitative estimate of drug-likeness (QED) is 0.589. The van der Waals surface area contributed by atoms with Gasteiger partial charge in [-0.1, -0.05) is 30.3 Å². The van der Waals surface area contributed by atoms with Crippen molar-refractivity contribution < 1.29 is 14.3 Å². The highest BCUT2D eigenvalue weighted by atomic mass is 19.1. The average molecular weight is 381 g/mol. The van der Waals surface area contributed by atoms with Crippen LogP contribution in [0, 0.1) is 5.82 Å². The number of carboxylic acids is 1. The number of rotatable bonds is 5. The number of nitrogens with zero attached hydrogens (tertiary/aromatic N) is 1. The lowest BCUT2D eigenvalue weighted by atomic mass is 10.1. The van der Waals surface area contributed by atoms with Crippen molar-refractivity contribution >= 4 is 28.2 Å². The minimum atomic E-state index is -1.36. The summed E-state index contributed by atoms with van der Waals surface area (Å²) < 4.78 is 16.5. The summed E-state index contributed by atoms with van der Waals surface area (Å²) in [6, 6.07) is 11.6. The predicted octanol–water partition coefficient (Wildman–Crippen LogP) is 3.41. The molecule has 1 aliphatic rings. The zero-order valence-electron chi connectivity index (χ0n) is 15.3. The van der Waals surface area contributed by atoms with Gasteiger partial charge in [0.15, 0.2) is 5.82 Å². The van der Waals surface area contributed by atoms with Crippen LogP contribution in [0.1, 0.15) is 35.2 Å². The number of carbonyl (C=O) groups is 1. The maximum absolute atomic E-state index is 14.9. The Kier molecular flexibility index (Phi) is 4.30. The van der Waals surface area contributed by atoms with Crippen molar-refractivity contribution in [3.05, 3.63) is 69.8 Å². The number of aromatic nitrogens is 1. The summed E-state index contributed by atoms with van der Waals surface area (Å²) in [6.07, 6.45) is 2.15. The smallest absolute Gasteiger partial charge is 0.341 e. The van der Waals surface area contributed by atoms with E-state index in [2.05, 4.69) is 5.32 Å². The Balaban J connectivity index is 1.77. The third-order valence-corrected chi connectivity index (χ3v) is 5.28. The van der Waals surface area contributed by atoms with Crippen LogP contribution in [0.5, 0.6) is 0 Å². The van der Waals surface area contributed by atoms with Crippen LogP contribution in [0.2, 0.25) is 0 Å². The van der Waals surface area contributed by atoms with Gasteiger partial charge >= 0.3 is 5.97 Å². The number of anilines is 2. The lowest BCUT2D eigenvalue weighted by Crippen LogP contribution is -2.21. The standard InChI is InChI=1S/C21H20FN3O3/c1-2-25-10-13(21(27)28)20(26)17-16(25)9-15(18(22)19(17)23)24-14-8-12(14)11-6-4-3-5-7-11/h3-7,9-10,12,14,24H,2,8,23H2,1H3,(H,27,28). The second-order valence-electron chi connectivity index (χ2n) is 7.01. The first-order valence-electron chi connectivity index (χ1n) is 9.12. The Morgan fingerprint density at radius 1 is 1.36 bits per heavy atom. The molecule has 7 heteroatoms. The van der Waals surface area contributed by atoms with Gasteiger partial charge in [-0.3, -0.25) is 4.79 Å². The van der Waals surface area contributed by atoms with Gasteiger partial charge in [-0.05, 0) is 25.0 Å². The minimum absolute atomic E-state index is 0.0776. The van der Waals surface area contributed by atoms with Gasteiger partial charge in [0.05, 0.1) is 22.3 Å². The molecule has 1 fully saturated rings. The van der Waals surface area contributed by atoms with Gasteiger partial charge in [0, 0.05) is 24.7 Å². The Hall–Kier alpha value is -3.35. The van der Waals surface area contributed by atoms with Gasteiger partial charge in [0.2, 0.25) is 5.43 Å². The monoisotopic (exact) mass is 381 g/mol. The van der Waals surface area contributed by atoms with Crippen LogP contribution < -0.4 is 16.5 Å². The maximum atomic E-state index is 14.9. The van der Waals surface area contributed by atoms with E-state index in [0.29, 0.717) is 18.0 Å². The molecule has 4 rings (SSSR count). The van der Waals surface area contributed by atoms with Crippen LogP contribution in [0.25, 0.3) is 10.9 Å². The highest BCUT2D eigenvalue weighted by Gasteiger charge is 2.39. The highest BCUT2D eigenvalue weighted by molar-refractivity contribution is 5.99. The topological polar surface area (TPSA) is 97.4 Å². The zero-order valence-corrected chi connectivity index (χ0v) is 15.3. The molecule has 2 unspecified atom stereocenters. The molecule has 2 aromatic carbocycles. The third kappa shape index (κ3) is 2.89. The van der Waals surface area contributed by atoms with Gasteiger partial charge in [0.25, 0.3) is 0 Å². The van der Waals surface area contributed by atoms with E-state index in [1.807, 2.05) is 37.3 Å². The van der Waals surface area contributed by atoms with Crippen LogP contribution >= 0.6 is 0 Å². The van der Waals surface area contributed by atoms with Crippen molar-refractivity contribution in [2.24, 2.45) is 0 Å². The van der Waals surface area contributed by atoms with E-state index in [0.717, 1.165) is 6.42 Å². The Labute approximate surface area is 160 Å². The van der Waals surface area contributed by atoms with E-state index in [9.17, 15) is 19.1 Å². The third-order valence-electron chi connectivity index (χ3n) is 5.28. The summed E-state index contributed by atoms with van der Waals surface area (Å²) in [6.45, 7) is 2.23. The lowest BCUT2D eigenvalue weighted by molar-refractivity contribution is 0.0695. The number of fused-ring (bicyclic) bond motifs is 1.